The third-order valence-electron chi connectivity index (χ3n) is 3.71. The van der Waals surface area contributed by atoms with Gasteiger partial charge in [0.25, 0.3) is 0 Å². The molecule has 0 saturated heterocycles. The van der Waals surface area contributed by atoms with E-state index in [2.05, 4.69) is 23.5 Å². The summed E-state index contributed by atoms with van der Waals surface area (Å²) in [4.78, 5) is 0. The molecule has 0 radical (unpaired) electrons. The van der Waals surface area contributed by atoms with Gasteiger partial charge in [-0.25, -0.2) is 0 Å². The summed E-state index contributed by atoms with van der Waals surface area (Å²) in [6, 6.07) is 12.4. The maximum absolute atomic E-state index is 8.86. The molecule has 1 atom stereocenters. The van der Waals surface area contributed by atoms with Crippen LogP contribution < -0.4 is 15.8 Å². The van der Waals surface area contributed by atoms with E-state index in [0.29, 0.717) is 6.54 Å². The minimum absolute atomic E-state index is 0.0461. The van der Waals surface area contributed by atoms with Crippen molar-refractivity contribution in [3.05, 3.63) is 42.0 Å². The molecule has 4 N–H and O–H groups in total. The minimum Gasteiger partial charge on any atom is -0.496 e. The van der Waals surface area contributed by atoms with Crippen LogP contribution in [0.4, 0.5) is 0 Å². The molecule has 0 aliphatic carbocycles. The van der Waals surface area contributed by atoms with Gasteiger partial charge >= 0.3 is 0 Å². The van der Waals surface area contributed by atoms with Crippen molar-refractivity contribution in [1.29, 1.82) is 0 Å². The van der Waals surface area contributed by atoms with Crippen molar-refractivity contribution in [2.45, 2.75) is 18.9 Å². The van der Waals surface area contributed by atoms with Gasteiger partial charge in [0.1, 0.15) is 5.75 Å². The Kier molecular flexibility index (Phi) is 5.99. The summed E-state index contributed by atoms with van der Waals surface area (Å²) in [5.41, 5.74) is 7.08. The molecule has 21 heavy (non-hydrogen) atoms. The van der Waals surface area contributed by atoms with Gasteiger partial charge in [-0.2, -0.15) is 0 Å². The van der Waals surface area contributed by atoms with E-state index in [4.69, 9.17) is 15.6 Å². The topological polar surface area (TPSA) is 67.5 Å². The van der Waals surface area contributed by atoms with Gasteiger partial charge in [-0.05, 0) is 36.2 Å². The first-order chi connectivity index (χ1) is 10.3. The Hall–Kier alpha value is -1.62. The van der Waals surface area contributed by atoms with Crippen LogP contribution in [0.15, 0.2) is 36.4 Å². The number of hydrogen-bond donors (Lipinski definition) is 3. The van der Waals surface area contributed by atoms with Gasteiger partial charge in [0.05, 0.1) is 7.11 Å². The number of hydrogen-bond acceptors (Lipinski definition) is 4. The molecule has 0 aliphatic rings. The van der Waals surface area contributed by atoms with E-state index in [9.17, 15) is 0 Å². The number of rotatable bonds is 8. The molecule has 4 heteroatoms. The van der Waals surface area contributed by atoms with E-state index in [1.54, 1.807) is 7.11 Å². The second kappa shape index (κ2) is 7.98. The lowest BCUT2D eigenvalue weighted by Crippen LogP contribution is -2.29. The van der Waals surface area contributed by atoms with Crippen molar-refractivity contribution in [3.8, 4) is 5.75 Å². The van der Waals surface area contributed by atoms with E-state index in [1.807, 2.05) is 18.2 Å². The summed E-state index contributed by atoms with van der Waals surface area (Å²) in [7, 11) is 1.69. The Morgan fingerprint density at radius 2 is 2.00 bits per heavy atom. The van der Waals surface area contributed by atoms with Crippen LogP contribution in [-0.2, 0) is 0 Å². The Bertz CT molecular complexity index is 572. The SMILES string of the molecule is COc1ccc2ccccc2c1C(CN)NCCCCO. The molecule has 0 bridgehead atoms. The Morgan fingerprint density at radius 1 is 1.19 bits per heavy atom. The molecular weight excluding hydrogens is 264 g/mol. The third-order valence-corrected chi connectivity index (χ3v) is 3.71. The zero-order chi connectivity index (χ0) is 15.1. The van der Waals surface area contributed by atoms with Gasteiger partial charge in [-0.1, -0.05) is 30.3 Å². The van der Waals surface area contributed by atoms with Crippen LogP contribution in [0.5, 0.6) is 5.75 Å². The van der Waals surface area contributed by atoms with E-state index >= 15 is 0 Å². The number of nitrogens with two attached hydrogens (primary N) is 1. The molecule has 0 heterocycles. The van der Waals surface area contributed by atoms with Crippen molar-refractivity contribution >= 4 is 10.8 Å². The van der Waals surface area contributed by atoms with Crippen molar-refractivity contribution in [2.75, 3.05) is 26.8 Å². The molecule has 1 unspecified atom stereocenters. The van der Waals surface area contributed by atoms with Gasteiger partial charge in [0.15, 0.2) is 0 Å². The highest BCUT2D eigenvalue weighted by molar-refractivity contribution is 5.88. The van der Waals surface area contributed by atoms with Crippen LogP contribution in [0.25, 0.3) is 10.8 Å². The van der Waals surface area contributed by atoms with Crippen LogP contribution in [0, 0.1) is 0 Å². The average molecular weight is 288 g/mol. The molecule has 2 rings (SSSR count). The normalized spacial score (nSPS) is 12.5. The summed E-state index contributed by atoms with van der Waals surface area (Å²) in [5.74, 6) is 0.860. The maximum Gasteiger partial charge on any atom is 0.124 e. The van der Waals surface area contributed by atoms with Crippen LogP contribution >= 0.6 is 0 Å². The summed E-state index contributed by atoms with van der Waals surface area (Å²) < 4.78 is 5.53. The fourth-order valence-electron chi connectivity index (χ4n) is 2.63. The third kappa shape index (κ3) is 3.73. The van der Waals surface area contributed by atoms with E-state index in [1.165, 1.54) is 10.8 Å². The van der Waals surface area contributed by atoms with Gasteiger partial charge in [0, 0.05) is 24.8 Å². The minimum atomic E-state index is 0.0461. The number of ether oxygens (including phenoxy) is 1. The fourth-order valence-corrected chi connectivity index (χ4v) is 2.63. The average Bonchev–Trinajstić information content (AvgIpc) is 2.54. The Balaban J connectivity index is 2.31. The highest BCUT2D eigenvalue weighted by Gasteiger charge is 2.17. The molecule has 0 spiro atoms. The van der Waals surface area contributed by atoms with Crippen molar-refractivity contribution in [1.82, 2.24) is 5.32 Å². The molecule has 0 amide bonds. The Morgan fingerprint density at radius 3 is 2.71 bits per heavy atom. The molecular formula is C17H24N2O2. The Labute approximate surface area is 125 Å². The predicted octanol–water partition coefficient (Wildman–Crippen LogP) is 2.21. The quantitative estimate of drug-likeness (QED) is 0.652. The lowest BCUT2D eigenvalue weighted by molar-refractivity contribution is 0.282. The smallest absolute Gasteiger partial charge is 0.124 e. The van der Waals surface area contributed by atoms with Gasteiger partial charge in [-0.3, -0.25) is 0 Å². The number of aliphatic hydroxyl groups is 1. The predicted molar refractivity (Wildman–Crippen MR) is 86.6 cm³/mol. The number of nitrogens with one attached hydrogen (secondary N) is 1. The molecule has 2 aromatic carbocycles. The van der Waals surface area contributed by atoms with E-state index in [0.717, 1.165) is 30.7 Å². The molecule has 4 nitrogen and oxygen atoms in total. The van der Waals surface area contributed by atoms with Crippen molar-refractivity contribution in [2.24, 2.45) is 5.73 Å². The van der Waals surface area contributed by atoms with Crippen LogP contribution in [0.2, 0.25) is 0 Å². The van der Waals surface area contributed by atoms with Crippen molar-refractivity contribution < 1.29 is 9.84 Å². The van der Waals surface area contributed by atoms with Gasteiger partial charge in [0.2, 0.25) is 0 Å². The number of methoxy groups -OCH3 is 1. The largest absolute Gasteiger partial charge is 0.496 e. The highest BCUT2D eigenvalue weighted by Crippen LogP contribution is 2.32. The van der Waals surface area contributed by atoms with Gasteiger partial charge in [-0.15, -0.1) is 0 Å². The lowest BCUT2D eigenvalue weighted by Gasteiger charge is -2.22. The standard InChI is InChI=1S/C17H24N2O2/c1-21-16-9-8-13-6-2-3-7-14(13)17(16)15(12-18)19-10-4-5-11-20/h2-3,6-9,15,19-20H,4-5,10-12,18H2,1H3. The molecule has 0 aliphatic heterocycles. The first kappa shape index (κ1) is 15.8. The van der Waals surface area contributed by atoms with E-state index in [-0.39, 0.29) is 12.6 Å². The van der Waals surface area contributed by atoms with Gasteiger partial charge < -0.3 is 20.9 Å². The van der Waals surface area contributed by atoms with Crippen LogP contribution in [-0.4, -0.2) is 31.9 Å². The number of aliphatic hydroxyl groups excluding tert-OH is 1. The molecule has 0 aromatic heterocycles. The summed E-state index contributed by atoms with van der Waals surface area (Å²) in [6.45, 7) is 1.56. The summed E-state index contributed by atoms with van der Waals surface area (Å²) >= 11 is 0. The second-order valence-corrected chi connectivity index (χ2v) is 5.08. The molecule has 114 valence electrons. The molecule has 0 fully saturated rings. The summed E-state index contributed by atoms with van der Waals surface area (Å²) in [6.07, 6.45) is 1.73. The zero-order valence-electron chi connectivity index (χ0n) is 12.5. The highest BCUT2D eigenvalue weighted by atomic mass is 16.5. The fraction of sp³-hybridized carbons (Fsp3) is 0.412. The molecule has 2 aromatic rings. The number of benzene rings is 2. The molecule has 0 saturated carbocycles. The number of fused-ring (bicyclic) bond motifs is 1. The first-order valence-corrected chi connectivity index (χ1v) is 7.41. The van der Waals surface area contributed by atoms with E-state index < -0.39 is 0 Å². The zero-order valence-corrected chi connectivity index (χ0v) is 12.5. The lowest BCUT2D eigenvalue weighted by atomic mass is 9.97. The summed E-state index contributed by atoms with van der Waals surface area (Å²) in [5, 5.41) is 14.7. The van der Waals surface area contributed by atoms with Crippen LogP contribution in [0.1, 0.15) is 24.4 Å². The second-order valence-electron chi connectivity index (χ2n) is 5.08. The monoisotopic (exact) mass is 288 g/mol. The van der Waals surface area contributed by atoms with Crippen molar-refractivity contribution in [3.63, 3.8) is 0 Å². The number of unbranched alkanes of at least 4 members (excludes halogenated alkanes) is 1. The van der Waals surface area contributed by atoms with Crippen LogP contribution in [0.3, 0.4) is 0 Å². The first-order valence-electron chi connectivity index (χ1n) is 7.41. The maximum atomic E-state index is 8.86.